The summed E-state index contributed by atoms with van der Waals surface area (Å²) in [5.74, 6) is 0. The maximum atomic E-state index is 4.09. The molecule has 0 N–H and O–H groups in total. The molecule has 2 aromatic heterocycles. The van der Waals surface area contributed by atoms with Crippen LogP contribution < -0.4 is 0 Å². The van der Waals surface area contributed by atoms with Crippen molar-refractivity contribution in [1.29, 1.82) is 0 Å². The zero-order chi connectivity index (χ0) is 10.1. The lowest BCUT2D eigenvalue weighted by Gasteiger charge is -2.16. The summed E-state index contributed by atoms with van der Waals surface area (Å²) in [7, 11) is 0. The summed E-state index contributed by atoms with van der Waals surface area (Å²) < 4.78 is 4.23. The topological polar surface area (TPSA) is 35.6 Å². The molecule has 0 amide bonds. The first-order chi connectivity index (χ1) is 7.45. The molecular weight excluding hydrogens is 188 g/mol. The molecule has 0 saturated heterocycles. The standard InChI is InChI=1S/C11H12N4/c1-2-10(14-6-4-12-8-14)11(3-1)15-7-5-13-9-15/h2,4-9,11H,1,3H2. The van der Waals surface area contributed by atoms with Gasteiger partial charge in [-0.2, -0.15) is 0 Å². The van der Waals surface area contributed by atoms with Crippen molar-refractivity contribution in [1.82, 2.24) is 19.1 Å². The monoisotopic (exact) mass is 200 g/mol. The van der Waals surface area contributed by atoms with Crippen molar-refractivity contribution >= 4 is 5.70 Å². The molecule has 76 valence electrons. The van der Waals surface area contributed by atoms with E-state index in [0.29, 0.717) is 6.04 Å². The first-order valence-corrected chi connectivity index (χ1v) is 5.11. The van der Waals surface area contributed by atoms with Gasteiger partial charge in [0.05, 0.1) is 18.7 Å². The lowest BCUT2D eigenvalue weighted by atomic mass is 10.2. The van der Waals surface area contributed by atoms with Crippen LogP contribution in [0.25, 0.3) is 5.70 Å². The number of hydrogen-bond acceptors (Lipinski definition) is 2. The first kappa shape index (κ1) is 8.47. The third-order valence-corrected chi connectivity index (χ3v) is 2.82. The van der Waals surface area contributed by atoms with Crippen LogP contribution in [-0.4, -0.2) is 19.1 Å². The van der Waals surface area contributed by atoms with Crippen LogP contribution in [0, 0.1) is 0 Å². The molecule has 1 atom stereocenters. The van der Waals surface area contributed by atoms with E-state index in [1.807, 2.05) is 37.4 Å². The van der Waals surface area contributed by atoms with Crippen LogP contribution in [-0.2, 0) is 0 Å². The summed E-state index contributed by atoms with van der Waals surface area (Å²) in [6.07, 6.45) is 15.9. The highest BCUT2D eigenvalue weighted by atomic mass is 15.1. The van der Waals surface area contributed by atoms with E-state index in [9.17, 15) is 0 Å². The lowest BCUT2D eigenvalue weighted by Crippen LogP contribution is -2.09. The maximum absolute atomic E-state index is 4.09. The van der Waals surface area contributed by atoms with Crippen molar-refractivity contribution in [2.75, 3.05) is 0 Å². The summed E-state index contributed by atoms with van der Waals surface area (Å²) >= 11 is 0. The Labute approximate surface area is 87.9 Å². The van der Waals surface area contributed by atoms with Crippen LogP contribution in [0.2, 0.25) is 0 Å². The van der Waals surface area contributed by atoms with E-state index in [1.165, 1.54) is 5.70 Å². The van der Waals surface area contributed by atoms with Gasteiger partial charge < -0.3 is 9.13 Å². The molecular formula is C11H12N4. The van der Waals surface area contributed by atoms with Crippen LogP contribution >= 0.6 is 0 Å². The molecule has 0 spiro atoms. The number of nitrogens with zero attached hydrogens (tertiary/aromatic N) is 4. The van der Waals surface area contributed by atoms with E-state index >= 15 is 0 Å². The SMILES string of the molecule is C1=C(n2ccnc2)C(n2ccnc2)CC1. The molecule has 1 aliphatic carbocycles. The van der Waals surface area contributed by atoms with Gasteiger partial charge in [-0.15, -0.1) is 0 Å². The van der Waals surface area contributed by atoms with Gasteiger partial charge in [-0.1, -0.05) is 6.08 Å². The quantitative estimate of drug-likeness (QED) is 0.742. The van der Waals surface area contributed by atoms with Crippen molar-refractivity contribution in [2.45, 2.75) is 18.9 Å². The van der Waals surface area contributed by atoms with Crippen LogP contribution in [0.5, 0.6) is 0 Å². The van der Waals surface area contributed by atoms with Crippen molar-refractivity contribution in [2.24, 2.45) is 0 Å². The van der Waals surface area contributed by atoms with Crippen LogP contribution in [0.15, 0.2) is 43.5 Å². The predicted molar refractivity (Wildman–Crippen MR) is 57.0 cm³/mol. The second kappa shape index (κ2) is 3.38. The van der Waals surface area contributed by atoms with Crippen molar-refractivity contribution in [3.05, 3.63) is 43.5 Å². The summed E-state index contributed by atoms with van der Waals surface area (Å²) in [6.45, 7) is 0. The summed E-state index contributed by atoms with van der Waals surface area (Å²) in [6, 6.07) is 0.404. The van der Waals surface area contributed by atoms with E-state index in [4.69, 9.17) is 0 Å². The Morgan fingerprint density at radius 3 is 2.73 bits per heavy atom. The molecule has 3 rings (SSSR count). The van der Waals surface area contributed by atoms with Gasteiger partial charge in [0.25, 0.3) is 0 Å². The second-order valence-corrected chi connectivity index (χ2v) is 3.70. The van der Waals surface area contributed by atoms with Crippen LogP contribution in [0.3, 0.4) is 0 Å². The molecule has 1 aliphatic rings. The number of imidazole rings is 2. The average molecular weight is 200 g/mol. The van der Waals surface area contributed by atoms with Crippen molar-refractivity contribution in [3.8, 4) is 0 Å². The molecule has 2 heterocycles. The van der Waals surface area contributed by atoms with Crippen molar-refractivity contribution < 1.29 is 0 Å². The first-order valence-electron chi connectivity index (χ1n) is 5.11. The number of hydrogen-bond donors (Lipinski definition) is 0. The smallest absolute Gasteiger partial charge is 0.0989 e. The Kier molecular flexibility index (Phi) is 1.91. The minimum absolute atomic E-state index is 0.404. The number of allylic oxidation sites excluding steroid dienone is 2. The Hall–Kier alpha value is -1.84. The largest absolute Gasteiger partial charge is 0.328 e. The number of aromatic nitrogens is 4. The normalized spacial score (nSPS) is 20.5. The molecule has 4 nitrogen and oxygen atoms in total. The summed E-state index contributed by atoms with van der Waals surface area (Å²) in [5.41, 5.74) is 1.30. The number of rotatable bonds is 2. The fourth-order valence-electron chi connectivity index (χ4n) is 2.12. The zero-order valence-corrected chi connectivity index (χ0v) is 8.32. The lowest BCUT2D eigenvalue weighted by molar-refractivity contribution is 0.585. The molecule has 0 bridgehead atoms. The van der Waals surface area contributed by atoms with E-state index in [2.05, 4.69) is 25.2 Å². The highest BCUT2D eigenvalue weighted by Crippen LogP contribution is 2.33. The van der Waals surface area contributed by atoms with Crippen molar-refractivity contribution in [3.63, 3.8) is 0 Å². The molecule has 4 heteroatoms. The zero-order valence-electron chi connectivity index (χ0n) is 8.32. The maximum Gasteiger partial charge on any atom is 0.0989 e. The molecule has 0 aromatic carbocycles. The van der Waals surface area contributed by atoms with Gasteiger partial charge in [-0.3, -0.25) is 0 Å². The molecule has 0 saturated carbocycles. The second-order valence-electron chi connectivity index (χ2n) is 3.70. The van der Waals surface area contributed by atoms with Crippen LogP contribution in [0.1, 0.15) is 18.9 Å². The van der Waals surface area contributed by atoms with Gasteiger partial charge in [0.2, 0.25) is 0 Å². The Bertz CT molecular complexity index is 453. The highest BCUT2D eigenvalue weighted by molar-refractivity contribution is 5.52. The van der Waals surface area contributed by atoms with Crippen LogP contribution in [0.4, 0.5) is 0 Å². The van der Waals surface area contributed by atoms with E-state index < -0.39 is 0 Å². The van der Waals surface area contributed by atoms with E-state index in [1.54, 1.807) is 0 Å². The van der Waals surface area contributed by atoms with Gasteiger partial charge in [-0.05, 0) is 12.8 Å². The van der Waals surface area contributed by atoms with Gasteiger partial charge in [0, 0.05) is 30.5 Å². The molecule has 1 unspecified atom stereocenters. The molecule has 2 aromatic rings. The predicted octanol–water partition coefficient (Wildman–Crippen LogP) is 1.96. The third kappa shape index (κ3) is 1.38. The summed E-state index contributed by atoms with van der Waals surface area (Å²) in [4.78, 5) is 8.17. The third-order valence-electron chi connectivity index (χ3n) is 2.82. The Morgan fingerprint density at radius 2 is 2.00 bits per heavy atom. The fraction of sp³-hybridized carbons (Fsp3) is 0.273. The minimum atomic E-state index is 0.404. The highest BCUT2D eigenvalue weighted by Gasteiger charge is 2.21. The van der Waals surface area contributed by atoms with E-state index in [0.717, 1.165) is 12.8 Å². The van der Waals surface area contributed by atoms with E-state index in [-0.39, 0.29) is 0 Å². The minimum Gasteiger partial charge on any atom is -0.328 e. The average Bonchev–Trinajstić information content (AvgIpc) is 3.01. The van der Waals surface area contributed by atoms with Gasteiger partial charge in [0.15, 0.2) is 0 Å². The molecule has 0 fully saturated rings. The fourth-order valence-corrected chi connectivity index (χ4v) is 2.12. The van der Waals surface area contributed by atoms with Gasteiger partial charge >= 0.3 is 0 Å². The summed E-state index contributed by atoms with van der Waals surface area (Å²) in [5, 5.41) is 0. The molecule has 0 aliphatic heterocycles. The Balaban J connectivity index is 1.96. The Morgan fingerprint density at radius 1 is 1.13 bits per heavy atom. The molecule has 0 radical (unpaired) electrons. The van der Waals surface area contributed by atoms with Gasteiger partial charge in [-0.25, -0.2) is 9.97 Å². The molecule has 15 heavy (non-hydrogen) atoms. The van der Waals surface area contributed by atoms with Gasteiger partial charge in [0.1, 0.15) is 0 Å².